The van der Waals surface area contributed by atoms with Crippen LogP contribution in [-0.4, -0.2) is 40.1 Å². The molecule has 1 aliphatic rings. The highest BCUT2D eigenvalue weighted by molar-refractivity contribution is 5.78. The second-order valence-corrected chi connectivity index (χ2v) is 4.50. The maximum atomic E-state index is 11.9. The number of β-amino-alcohol motifs (C(OH)–C–C–N with tert-alkyl or cyclic N) is 1. The number of carbonyl (C=O) groups excluding carboxylic acids is 1. The number of piperidine rings is 1. The number of aliphatic hydroxyl groups excluding tert-OH is 1. The van der Waals surface area contributed by atoms with Gasteiger partial charge in [0.05, 0.1) is 12.5 Å². The number of nitrogens with one attached hydrogen (secondary N) is 1. The SMILES string of the molecule is Cc1cc(CC(=O)N2CCCC(O)C2)c[nH]1. The highest BCUT2D eigenvalue weighted by Gasteiger charge is 2.21. The van der Waals surface area contributed by atoms with Crippen molar-refractivity contribution >= 4 is 5.91 Å². The molecule has 1 aromatic rings. The van der Waals surface area contributed by atoms with E-state index in [9.17, 15) is 9.90 Å². The summed E-state index contributed by atoms with van der Waals surface area (Å²) in [4.78, 5) is 16.7. The monoisotopic (exact) mass is 222 g/mol. The summed E-state index contributed by atoms with van der Waals surface area (Å²) in [5, 5.41) is 9.50. The van der Waals surface area contributed by atoms with E-state index in [4.69, 9.17) is 0 Å². The number of carbonyl (C=O) groups is 1. The van der Waals surface area contributed by atoms with Crippen LogP contribution in [0.2, 0.25) is 0 Å². The molecule has 16 heavy (non-hydrogen) atoms. The zero-order valence-corrected chi connectivity index (χ0v) is 9.57. The number of hydrogen-bond donors (Lipinski definition) is 2. The van der Waals surface area contributed by atoms with Gasteiger partial charge < -0.3 is 15.0 Å². The van der Waals surface area contributed by atoms with Crippen molar-refractivity contribution < 1.29 is 9.90 Å². The van der Waals surface area contributed by atoms with Crippen LogP contribution in [0.1, 0.15) is 24.1 Å². The van der Waals surface area contributed by atoms with Gasteiger partial charge >= 0.3 is 0 Å². The Morgan fingerprint density at radius 2 is 2.50 bits per heavy atom. The number of aromatic nitrogens is 1. The molecule has 88 valence electrons. The van der Waals surface area contributed by atoms with E-state index < -0.39 is 0 Å². The summed E-state index contributed by atoms with van der Waals surface area (Å²) in [7, 11) is 0. The van der Waals surface area contributed by atoms with Gasteiger partial charge in [-0.05, 0) is 31.4 Å². The number of aryl methyl sites for hydroxylation is 1. The topological polar surface area (TPSA) is 56.3 Å². The maximum Gasteiger partial charge on any atom is 0.227 e. The van der Waals surface area contributed by atoms with Gasteiger partial charge in [-0.3, -0.25) is 4.79 Å². The minimum Gasteiger partial charge on any atom is -0.391 e. The van der Waals surface area contributed by atoms with Gasteiger partial charge in [0.2, 0.25) is 5.91 Å². The summed E-state index contributed by atoms with van der Waals surface area (Å²) >= 11 is 0. The van der Waals surface area contributed by atoms with Gasteiger partial charge in [-0.25, -0.2) is 0 Å². The predicted octanol–water partition coefficient (Wildman–Crippen LogP) is 0.849. The van der Waals surface area contributed by atoms with Crippen molar-refractivity contribution in [2.24, 2.45) is 0 Å². The Morgan fingerprint density at radius 3 is 3.12 bits per heavy atom. The number of hydrogen-bond acceptors (Lipinski definition) is 2. The molecule has 0 bridgehead atoms. The minimum atomic E-state index is -0.342. The third-order valence-electron chi connectivity index (χ3n) is 2.99. The Morgan fingerprint density at radius 1 is 1.69 bits per heavy atom. The molecule has 1 amide bonds. The van der Waals surface area contributed by atoms with Crippen LogP contribution < -0.4 is 0 Å². The molecule has 0 saturated carbocycles. The van der Waals surface area contributed by atoms with Crippen molar-refractivity contribution in [1.29, 1.82) is 0 Å². The largest absolute Gasteiger partial charge is 0.391 e. The van der Waals surface area contributed by atoms with Gasteiger partial charge in [-0.1, -0.05) is 0 Å². The first-order chi connectivity index (χ1) is 7.65. The predicted molar refractivity (Wildman–Crippen MR) is 61.1 cm³/mol. The highest BCUT2D eigenvalue weighted by Crippen LogP contribution is 2.12. The number of H-pyrrole nitrogens is 1. The molecule has 1 fully saturated rings. The maximum absolute atomic E-state index is 11.9. The first-order valence-corrected chi connectivity index (χ1v) is 5.75. The van der Waals surface area contributed by atoms with Crippen LogP contribution in [0.25, 0.3) is 0 Å². The lowest BCUT2D eigenvalue weighted by Crippen LogP contribution is -2.42. The molecule has 1 atom stereocenters. The van der Waals surface area contributed by atoms with E-state index in [0.717, 1.165) is 30.6 Å². The lowest BCUT2D eigenvalue weighted by molar-refractivity contribution is -0.133. The van der Waals surface area contributed by atoms with Crippen molar-refractivity contribution in [3.05, 3.63) is 23.5 Å². The minimum absolute atomic E-state index is 0.109. The van der Waals surface area contributed by atoms with Gasteiger partial charge in [-0.15, -0.1) is 0 Å². The number of amides is 1. The molecule has 4 heteroatoms. The molecular formula is C12H18N2O2. The molecule has 0 radical (unpaired) electrons. The third-order valence-corrected chi connectivity index (χ3v) is 2.99. The molecule has 1 saturated heterocycles. The van der Waals surface area contributed by atoms with Crippen LogP contribution in [-0.2, 0) is 11.2 Å². The molecular weight excluding hydrogens is 204 g/mol. The molecule has 2 rings (SSSR count). The lowest BCUT2D eigenvalue weighted by Gasteiger charge is -2.30. The first kappa shape index (κ1) is 11.2. The fourth-order valence-corrected chi connectivity index (χ4v) is 2.14. The van der Waals surface area contributed by atoms with E-state index in [1.54, 1.807) is 4.90 Å². The fourth-order valence-electron chi connectivity index (χ4n) is 2.14. The second-order valence-electron chi connectivity index (χ2n) is 4.50. The van der Waals surface area contributed by atoms with Crippen molar-refractivity contribution in [2.45, 2.75) is 32.3 Å². The average Bonchev–Trinajstić information content (AvgIpc) is 2.64. The number of aliphatic hydroxyl groups is 1. The van der Waals surface area contributed by atoms with E-state index in [2.05, 4.69) is 4.98 Å². The molecule has 0 aromatic carbocycles. The average molecular weight is 222 g/mol. The number of likely N-dealkylation sites (tertiary alicyclic amines) is 1. The Hall–Kier alpha value is -1.29. The van der Waals surface area contributed by atoms with Crippen LogP contribution in [0.5, 0.6) is 0 Å². The van der Waals surface area contributed by atoms with Crippen LogP contribution in [0.4, 0.5) is 0 Å². The zero-order chi connectivity index (χ0) is 11.5. The Kier molecular flexibility index (Phi) is 3.29. The van der Waals surface area contributed by atoms with E-state index in [0.29, 0.717) is 13.0 Å². The summed E-state index contributed by atoms with van der Waals surface area (Å²) in [5.41, 5.74) is 2.09. The Bertz CT molecular complexity index is 373. The van der Waals surface area contributed by atoms with Crippen molar-refractivity contribution in [2.75, 3.05) is 13.1 Å². The van der Waals surface area contributed by atoms with E-state index in [-0.39, 0.29) is 12.0 Å². The standard InChI is InChI=1S/C12H18N2O2/c1-9-5-10(7-13-9)6-12(16)14-4-2-3-11(15)8-14/h5,7,11,13,15H,2-4,6,8H2,1H3. The van der Waals surface area contributed by atoms with Crippen molar-refractivity contribution in [1.82, 2.24) is 9.88 Å². The molecule has 1 aliphatic heterocycles. The molecule has 1 aromatic heterocycles. The smallest absolute Gasteiger partial charge is 0.227 e. The van der Waals surface area contributed by atoms with Crippen molar-refractivity contribution in [3.63, 3.8) is 0 Å². The normalized spacial score (nSPS) is 21.1. The van der Waals surface area contributed by atoms with Gasteiger partial charge in [-0.2, -0.15) is 0 Å². The molecule has 2 heterocycles. The van der Waals surface area contributed by atoms with Crippen LogP contribution in [0, 0.1) is 6.92 Å². The lowest BCUT2D eigenvalue weighted by atomic mass is 10.1. The number of rotatable bonds is 2. The Labute approximate surface area is 95.3 Å². The third kappa shape index (κ3) is 2.64. The molecule has 2 N–H and O–H groups in total. The van der Waals surface area contributed by atoms with Gasteiger partial charge in [0, 0.05) is 25.0 Å². The van der Waals surface area contributed by atoms with Crippen LogP contribution >= 0.6 is 0 Å². The van der Waals surface area contributed by atoms with Crippen LogP contribution in [0.15, 0.2) is 12.3 Å². The number of nitrogens with zero attached hydrogens (tertiary/aromatic N) is 1. The zero-order valence-electron chi connectivity index (χ0n) is 9.57. The van der Waals surface area contributed by atoms with E-state index in [1.807, 2.05) is 19.2 Å². The Balaban J connectivity index is 1.92. The van der Waals surface area contributed by atoms with E-state index >= 15 is 0 Å². The fraction of sp³-hybridized carbons (Fsp3) is 0.583. The highest BCUT2D eigenvalue weighted by atomic mass is 16.3. The van der Waals surface area contributed by atoms with Crippen molar-refractivity contribution in [3.8, 4) is 0 Å². The number of aromatic amines is 1. The van der Waals surface area contributed by atoms with Crippen LogP contribution in [0.3, 0.4) is 0 Å². The van der Waals surface area contributed by atoms with Gasteiger partial charge in [0.25, 0.3) is 0 Å². The van der Waals surface area contributed by atoms with Gasteiger partial charge in [0.1, 0.15) is 0 Å². The van der Waals surface area contributed by atoms with E-state index in [1.165, 1.54) is 0 Å². The molecule has 4 nitrogen and oxygen atoms in total. The summed E-state index contributed by atoms with van der Waals surface area (Å²) < 4.78 is 0. The summed E-state index contributed by atoms with van der Waals surface area (Å²) in [6, 6.07) is 1.98. The van der Waals surface area contributed by atoms with Gasteiger partial charge in [0.15, 0.2) is 0 Å². The summed E-state index contributed by atoms with van der Waals surface area (Å²) in [6.07, 6.45) is 3.67. The quantitative estimate of drug-likeness (QED) is 0.779. The molecule has 0 spiro atoms. The molecule has 0 aliphatic carbocycles. The first-order valence-electron chi connectivity index (χ1n) is 5.75. The summed E-state index contributed by atoms with van der Waals surface area (Å²) in [6.45, 7) is 3.24. The molecule has 1 unspecified atom stereocenters. The second kappa shape index (κ2) is 4.70. The summed E-state index contributed by atoms with van der Waals surface area (Å²) in [5.74, 6) is 0.109.